The van der Waals surface area contributed by atoms with Gasteiger partial charge in [0, 0.05) is 18.4 Å². The monoisotopic (exact) mass is 461 g/mol. The van der Waals surface area contributed by atoms with Crippen molar-refractivity contribution < 1.29 is 17.6 Å². The fourth-order valence-electron chi connectivity index (χ4n) is 3.26. The first-order chi connectivity index (χ1) is 16.0. The summed E-state index contributed by atoms with van der Waals surface area (Å²) in [6, 6.07) is 24.4. The maximum Gasteiger partial charge on any atom is 0.261 e. The third-order valence-corrected chi connectivity index (χ3v) is 6.29. The Hall–Kier alpha value is -3.91. The third kappa shape index (κ3) is 5.87. The first-order valence-electron chi connectivity index (χ1n) is 10.5. The molecule has 33 heavy (non-hydrogen) atoms. The maximum absolute atomic E-state index is 12.6. The van der Waals surface area contributed by atoms with Gasteiger partial charge in [-0.25, -0.2) is 13.4 Å². The van der Waals surface area contributed by atoms with E-state index in [1.807, 2.05) is 30.3 Å². The summed E-state index contributed by atoms with van der Waals surface area (Å²) >= 11 is 0. The number of carbonyl (C=O) groups is 1. The number of hydrogen-bond donors (Lipinski definition) is 2. The van der Waals surface area contributed by atoms with Crippen LogP contribution in [0.4, 0.5) is 11.4 Å². The van der Waals surface area contributed by atoms with Crippen LogP contribution < -0.4 is 10.0 Å². The number of para-hydroxylation sites is 2. The number of nitrogens with one attached hydrogen (secondary N) is 2. The number of amides is 1. The SMILES string of the molecule is O=C(CCCc1ncc(-c2ccccc2)o1)Nc1ccccc1NS(=O)(=O)c1ccccc1. The van der Waals surface area contributed by atoms with E-state index in [0.717, 1.165) is 5.56 Å². The molecule has 4 aromatic rings. The van der Waals surface area contributed by atoms with Crippen molar-refractivity contribution in [2.24, 2.45) is 0 Å². The number of oxazole rings is 1. The predicted octanol–water partition coefficient (Wildman–Crippen LogP) is 5.10. The molecule has 1 aromatic heterocycles. The molecule has 0 bridgehead atoms. The van der Waals surface area contributed by atoms with E-state index in [-0.39, 0.29) is 17.2 Å². The predicted molar refractivity (Wildman–Crippen MR) is 127 cm³/mol. The molecular weight excluding hydrogens is 438 g/mol. The topological polar surface area (TPSA) is 101 Å². The van der Waals surface area contributed by atoms with Crippen LogP contribution in [0.25, 0.3) is 11.3 Å². The minimum Gasteiger partial charge on any atom is -0.441 e. The lowest BCUT2D eigenvalue weighted by molar-refractivity contribution is -0.116. The molecule has 0 saturated carbocycles. The van der Waals surface area contributed by atoms with Crippen LogP contribution in [0.15, 0.2) is 100 Å². The largest absolute Gasteiger partial charge is 0.441 e. The van der Waals surface area contributed by atoms with Crippen LogP contribution in [-0.2, 0) is 21.2 Å². The molecule has 0 unspecified atom stereocenters. The van der Waals surface area contributed by atoms with Gasteiger partial charge in [-0.15, -0.1) is 0 Å². The lowest BCUT2D eigenvalue weighted by Crippen LogP contribution is -2.17. The van der Waals surface area contributed by atoms with Crippen molar-refractivity contribution in [1.29, 1.82) is 0 Å². The quantitative estimate of drug-likeness (QED) is 0.361. The zero-order valence-electron chi connectivity index (χ0n) is 17.8. The molecule has 1 heterocycles. The molecule has 8 heteroatoms. The van der Waals surface area contributed by atoms with Crippen molar-refractivity contribution in [2.45, 2.75) is 24.2 Å². The number of aromatic nitrogens is 1. The van der Waals surface area contributed by atoms with Crippen molar-refractivity contribution >= 4 is 27.3 Å². The van der Waals surface area contributed by atoms with E-state index in [4.69, 9.17) is 4.42 Å². The fraction of sp³-hybridized carbons (Fsp3) is 0.120. The number of hydrogen-bond acceptors (Lipinski definition) is 5. The lowest BCUT2D eigenvalue weighted by Gasteiger charge is -2.13. The van der Waals surface area contributed by atoms with Gasteiger partial charge < -0.3 is 9.73 Å². The summed E-state index contributed by atoms with van der Waals surface area (Å²) in [5.74, 6) is 1.03. The molecule has 2 N–H and O–H groups in total. The number of sulfonamides is 1. The second kappa shape index (κ2) is 10.1. The number of benzene rings is 3. The summed E-state index contributed by atoms with van der Waals surface area (Å²) < 4.78 is 33.6. The molecule has 0 aliphatic carbocycles. The number of nitrogens with zero attached hydrogens (tertiary/aromatic N) is 1. The van der Waals surface area contributed by atoms with E-state index in [9.17, 15) is 13.2 Å². The lowest BCUT2D eigenvalue weighted by atomic mass is 10.2. The Morgan fingerprint density at radius 3 is 2.21 bits per heavy atom. The van der Waals surface area contributed by atoms with Gasteiger partial charge in [0.2, 0.25) is 5.91 Å². The van der Waals surface area contributed by atoms with Gasteiger partial charge in [0.15, 0.2) is 11.7 Å². The average molecular weight is 462 g/mol. The highest BCUT2D eigenvalue weighted by atomic mass is 32.2. The minimum absolute atomic E-state index is 0.145. The second-order valence-electron chi connectivity index (χ2n) is 7.35. The van der Waals surface area contributed by atoms with Crippen LogP contribution >= 0.6 is 0 Å². The molecule has 4 rings (SSSR count). The molecule has 0 spiro atoms. The van der Waals surface area contributed by atoms with E-state index in [0.29, 0.717) is 35.9 Å². The number of carbonyl (C=O) groups excluding carboxylic acids is 1. The van der Waals surface area contributed by atoms with Gasteiger partial charge in [-0.05, 0) is 30.7 Å². The summed E-state index contributed by atoms with van der Waals surface area (Å²) in [7, 11) is -3.77. The standard InChI is InChI=1S/C25H23N3O4S/c29-24(16-9-17-25-26-18-23(32-25)19-10-3-1-4-11-19)27-21-14-7-8-15-22(21)28-33(30,31)20-12-5-2-6-13-20/h1-8,10-15,18,28H,9,16-17H2,(H,27,29). The summed E-state index contributed by atoms with van der Waals surface area (Å²) in [5, 5.41) is 2.79. The Labute approximate surface area is 192 Å². The van der Waals surface area contributed by atoms with Crippen LogP contribution in [0, 0.1) is 0 Å². The van der Waals surface area contributed by atoms with E-state index in [2.05, 4.69) is 15.0 Å². The minimum atomic E-state index is -3.77. The van der Waals surface area contributed by atoms with Gasteiger partial charge in [-0.2, -0.15) is 0 Å². The van der Waals surface area contributed by atoms with E-state index >= 15 is 0 Å². The highest BCUT2D eigenvalue weighted by molar-refractivity contribution is 7.92. The molecule has 7 nitrogen and oxygen atoms in total. The smallest absolute Gasteiger partial charge is 0.261 e. The summed E-state index contributed by atoms with van der Waals surface area (Å²) in [6.07, 6.45) is 2.98. The Kier molecular flexibility index (Phi) is 6.85. The number of aryl methyl sites for hydroxylation is 1. The van der Waals surface area contributed by atoms with Gasteiger partial charge in [-0.1, -0.05) is 60.7 Å². The highest BCUT2D eigenvalue weighted by Gasteiger charge is 2.16. The first kappa shape index (κ1) is 22.3. The van der Waals surface area contributed by atoms with Crippen molar-refractivity contribution in [3.05, 3.63) is 97.0 Å². The number of anilines is 2. The zero-order valence-corrected chi connectivity index (χ0v) is 18.6. The van der Waals surface area contributed by atoms with E-state index in [1.54, 1.807) is 48.7 Å². The number of rotatable bonds is 9. The highest BCUT2D eigenvalue weighted by Crippen LogP contribution is 2.25. The van der Waals surface area contributed by atoms with Crippen LogP contribution in [-0.4, -0.2) is 19.3 Å². The van der Waals surface area contributed by atoms with Crippen molar-refractivity contribution in [3.8, 4) is 11.3 Å². The van der Waals surface area contributed by atoms with Gasteiger partial charge in [0.05, 0.1) is 22.5 Å². The molecule has 0 fully saturated rings. The summed E-state index contributed by atoms with van der Waals surface area (Å²) in [4.78, 5) is 16.9. The third-order valence-electron chi connectivity index (χ3n) is 4.91. The van der Waals surface area contributed by atoms with Gasteiger partial charge in [0.25, 0.3) is 10.0 Å². The first-order valence-corrected chi connectivity index (χ1v) is 12.0. The van der Waals surface area contributed by atoms with Gasteiger partial charge in [-0.3, -0.25) is 9.52 Å². The molecule has 0 radical (unpaired) electrons. The van der Waals surface area contributed by atoms with Crippen LogP contribution in [0.5, 0.6) is 0 Å². The van der Waals surface area contributed by atoms with Crippen molar-refractivity contribution in [2.75, 3.05) is 10.0 Å². The summed E-state index contributed by atoms with van der Waals surface area (Å²) in [5.41, 5.74) is 1.64. The molecule has 0 aliphatic heterocycles. The van der Waals surface area contributed by atoms with Crippen LogP contribution in [0.2, 0.25) is 0 Å². The molecule has 1 amide bonds. The van der Waals surface area contributed by atoms with Gasteiger partial charge in [0.1, 0.15) is 0 Å². The molecule has 168 valence electrons. The second-order valence-corrected chi connectivity index (χ2v) is 9.03. The molecular formula is C25H23N3O4S. The van der Waals surface area contributed by atoms with Crippen LogP contribution in [0.3, 0.4) is 0 Å². The van der Waals surface area contributed by atoms with E-state index < -0.39 is 10.0 Å². The van der Waals surface area contributed by atoms with Crippen molar-refractivity contribution in [3.63, 3.8) is 0 Å². The maximum atomic E-state index is 12.6. The van der Waals surface area contributed by atoms with Crippen LogP contribution in [0.1, 0.15) is 18.7 Å². The average Bonchev–Trinajstić information content (AvgIpc) is 3.30. The zero-order chi connectivity index (χ0) is 23.1. The Morgan fingerprint density at radius 2 is 1.48 bits per heavy atom. The Bertz CT molecular complexity index is 1320. The Morgan fingerprint density at radius 1 is 0.848 bits per heavy atom. The molecule has 0 aliphatic rings. The molecule has 0 atom stereocenters. The Balaban J connectivity index is 1.34. The fourth-order valence-corrected chi connectivity index (χ4v) is 4.36. The van der Waals surface area contributed by atoms with E-state index in [1.165, 1.54) is 12.1 Å². The summed E-state index contributed by atoms with van der Waals surface area (Å²) in [6.45, 7) is 0. The normalized spacial score (nSPS) is 11.2. The molecule has 0 saturated heterocycles. The van der Waals surface area contributed by atoms with Gasteiger partial charge >= 0.3 is 0 Å². The molecule has 3 aromatic carbocycles. The van der Waals surface area contributed by atoms with Crippen molar-refractivity contribution in [1.82, 2.24) is 4.98 Å².